The molecule has 50 heavy (non-hydrogen) atoms. The molecule has 0 amide bonds. The second-order valence-corrected chi connectivity index (χ2v) is 17.1. The molecule has 0 bridgehead atoms. The van der Waals surface area contributed by atoms with Crippen LogP contribution in [-0.4, -0.2) is 22.2 Å². The highest BCUT2D eigenvalue weighted by Crippen LogP contribution is 2.29. The van der Waals surface area contributed by atoms with E-state index >= 15 is 0 Å². The molecule has 0 heterocycles. The molecule has 0 unspecified atom stereocenters. The van der Waals surface area contributed by atoms with Crippen molar-refractivity contribution in [2.75, 3.05) is 0 Å². The van der Waals surface area contributed by atoms with Gasteiger partial charge in [0.25, 0.3) is 0 Å². The fourth-order valence-corrected chi connectivity index (χ4v) is 5.33. The van der Waals surface area contributed by atoms with Crippen molar-refractivity contribution >= 4 is 35.2 Å². The number of rotatable bonds is 6. The van der Waals surface area contributed by atoms with E-state index in [1.165, 1.54) is 22.3 Å². The molecule has 4 rings (SSSR count). The van der Waals surface area contributed by atoms with E-state index in [0.29, 0.717) is 11.1 Å². The van der Waals surface area contributed by atoms with Crippen molar-refractivity contribution < 1.29 is 19.8 Å². The topological polar surface area (TPSA) is 74.6 Å². The smallest absolute Gasteiger partial charge is 0.336 e. The van der Waals surface area contributed by atoms with Gasteiger partial charge in [-0.15, -0.1) is 0 Å². The predicted octanol–water partition coefficient (Wildman–Crippen LogP) is 11.8. The van der Waals surface area contributed by atoms with Crippen LogP contribution in [0.25, 0.3) is 23.3 Å². The van der Waals surface area contributed by atoms with E-state index in [-0.39, 0.29) is 21.7 Å². The zero-order valence-corrected chi connectivity index (χ0v) is 32.1. The highest BCUT2D eigenvalue weighted by atomic mass is 16.4. The molecule has 0 atom stereocenters. The van der Waals surface area contributed by atoms with Gasteiger partial charge < -0.3 is 10.2 Å². The molecule has 0 aliphatic heterocycles. The summed E-state index contributed by atoms with van der Waals surface area (Å²) in [7, 11) is 0. The minimum atomic E-state index is -0.914. The van der Waals surface area contributed by atoms with Crippen LogP contribution in [-0.2, 0) is 31.2 Å². The molecule has 4 nitrogen and oxygen atoms in total. The lowest BCUT2D eigenvalue weighted by atomic mass is 9.85. The zero-order chi connectivity index (χ0) is 37.7. The summed E-state index contributed by atoms with van der Waals surface area (Å²) in [5, 5.41) is 19.3. The van der Waals surface area contributed by atoms with Crippen LogP contribution in [0.15, 0.2) is 97.1 Å². The molecule has 0 saturated carbocycles. The average molecular weight is 673 g/mol. The van der Waals surface area contributed by atoms with E-state index in [9.17, 15) is 19.8 Å². The number of hydrogen-bond acceptors (Lipinski definition) is 2. The summed E-state index contributed by atoms with van der Waals surface area (Å²) in [6.45, 7) is 25.9. The quantitative estimate of drug-likeness (QED) is 0.158. The molecule has 0 radical (unpaired) electrons. The van der Waals surface area contributed by atoms with Crippen LogP contribution < -0.4 is 0 Å². The van der Waals surface area contributed by atoms with Crippen molar-refractivity contribution in [1.82, 2.24) is 0 Å². The number of benzene rings is 4. The Morgan fingerprint density at radius 1 is 0.380 bits per heavy atom. The Labute approximate surface area is 300 Å². The fraction of sp³-hybridized carbons (Fsp3) is 0.348. The Hall–Kier alpha value is -4.70. The summed E-state index contributed by atoms with van der Waals surface area (Å²) in [6.07, 6.45) is 3.47. The number of carbonyl (C=O) groups is 2. The molecule has 4 heteroatoms. The summed E-state index contributed by atoms with van der Waals surface area (Å²) < 4.78 is 0. The Kier molecular flexibility index (Phi) is 12.3. The monoisotopic (exact) mass is 672 g/mol. The highest BCUT2D eigenvalue weighted by Gasteiger charge is 2.18. The van der Waals surface area contributed by atoms with Crippen LogP contribution in [0.3, 0.4) is 0 Å². The number of aliphatic carboxylic acids is 2. The second kappa shape index (κ2) is 15.5. The van der Waals surface area contributed by atoms with Crippen molar-refractivity contribution in [3.8, 4) is 0 Å². The van der Waals surface area contributed by atoms with Gasteiger partial charge in [0.15, 0.2) is 0 Å². The van der Waals surface area contributed by atoms with Crippen molar-refractivity contribution in [2.45, 2.75) is 105 Å². The van der Waals surface area contributed by atoms with Crippen LogP contribution in [0.1, 0.15) is 128 Å². The first-order chi connectivity index (χ1) is 23.0. The summed E-state index contributed by atoms with van der Waals surface area (Å²) in [5.41, 5.74) is 8.96. The van der Waals surface area contributed by atoms with Gasteiger partial charge in [0, 0.05) is 0 Å². The van der Waals surface area contributed by atoms with Crippen LogP contribution >= 0.6 is 0 Å². The second-order valence-electron chi connectivity index (χ2n) is 17.1. The third kappa shape index (κ3) is 11.2. The zero-order valence-electron chi connectivity index (χ0n) is 32.1. The first-order valence-corrected chi connectivity index (χ1v) is 17.3. The Bertz CT molecular complexity index is 1670. The number of carboxylic acid groups (broad SMARTS) is 2. The molecule has 0 aromatic heterocycles. The molecular formula is C46H56O4. The minimum Gasteiger partial charge on any atom is -0.478 e. The molecular weight excluding hydrogens is 617 g/mol. The molecule has 0 fully saturated rings. The molecule has 0 saturated heterocycles. The number of carboxylic acids is 2. The van der Waals surface area contributed by atoms with Gasteiger partial charge in [-0.3, -0.25) is 0 Å². The molecule has 0 spiro atoms. The van der Waals surface area contributed by atoms with Crippen LogP contribution in [0, 0.1) is 0 Å². The van der Waals surface area contributed by atoms with Crippen molar-refractivity contribution in [3.05, 3.63) is 142 Å². The lowest BCUT2D eigenvalue weighted by molar-refractivity contribution is -0.131. The van der Waals surface area contributed by atoms with Crippen molar-refractivity contribution in [3.63, 3.8) is 0 Å². The van der Waals surface area contributed by atoms with Crippen molar-refractivity contribution in [2.24, 2.45) is 0 Å². The van der Waals surface area contributed by atoms with E-state index in [0.717, 1.165) is 22.3 Å². The van der Waals surface area contributed by atoms with E-state index in [4.69, 9.17) is 0 Å². The Balaban J connectivity index is 0.000000270. The SMILES string of the molecule is CC(C)(C)c1ccc(/C=C(/C(=O)O)c2ccc(C(C)(C)C)cc2)cc1.CC(C)(C)c1ccc(/C=C(/C(=O)O)c2ccc(C(C)(C)C)cc2)cc1. The molecule has 264 valence electrons. The minimum absolute atomic E-state index is 0.0500. The van der Waals surface area contributed by atoms with Gasteiger partial charge in [0.2, 0.25) is 0 Å². The van der Waals surface area contributed by atoms with E-state index < -0.39 is 11.9 Å². The molecule has 4 aromatic carbocycles. The first kappa shape index (κ1) is 39.7. The highest BCUT2D eigenvalue weighted by molar-refractivity contribution is 6.21. The third-order valence-electron chi connectivity index (χ3n) is 8.76. The van der Waals surface area contributed by atoms with Gasteiger partial charge in [-0.25, -0.2) is 9.59 Å². The van der Waals surface area contributed by atoms with Gasteiger partial charge in [0.05, 0.1) is 11.1 Å². The molecule has 2 N–H and O–H groups in total. The van der Waals surface area contributed by atoms with E-state index in [2.05, 4.69) is 107 Å². The van der Waals surface area contributed by atoms with Crippen molar-refractivity contribution in [1.29, 1.82) is 0 Å². The third-order valence-corrected chi connectivity index (χ3v) is 8.76. The van der Waals surface area contributed by atoms with Gasteiger partial charge in [-0.1, -0.05) is 180 Å². The normalized spacial score (nSPS) is 13.0. The molecule has 0 aliphatic carbocycles. The first-order valence-electron chi connectivity index (χ1n) is 17.3. The summed E-state index contributed by atoms with van der Waals surface area (Å²) in [4.78, 5) is 23.5. The summed E-state index contributed by atoms with van der Waals surface area (Å²) >= 11 is 0. The van der Waals surface area contributed by atoms with Gasteiger partial charge in [-0.05, 0) is 78.3 Å². The van der Waals surface area contributed by atoms with Crippen LogP contribution in [0.4, 0.5) is 0 Å². The van der Waals surface area contributed by atoms with Gasteiger partial charge >= 0.3 is 11.9 Å². The van der Waals surface area contributed by atoms with Crippen LogP contribution in [0.5, 0.6) is 0 Å². The maximum Gasteiger partial charge on any atom is 0.336 e. The lowest BCUT2D eigenvalue weighted by Gasteiger charge is -2.19. The predicted molar refractivity (Wildman–Crippen MR) is 212 cm³/mol. The van der Waals surface area contributed by atoms with E-state index in [1.807, 2.05) is 72.8 Å². The lowest BCUT2D eigenvalue weighted by Crippen LogP contribution is -2.11. The van der Waals surface area contributed by atoms with Crippen LogP contribution in [0.2, 0.25) is 0 Å². The summed E-state index contributed by atoms with van der Waals surface area (Å²) in [6, 6.07) is 31.8. The van der Waals surface area contributed by atoms with Gasteiger partial charge in [-0.2, -0.15) is 0 Å². The Morgan fingerprint density at radius 3 is 0.760 bits per heavy atom. The standard InChI is InChI=1S/2C23H28O2/c2*1-22(2,3)18-11-7-16(8-12-18)15-20(21(24)25)17-9-13-19(14-10-17)23(4,5)6/h2*7-15H,1-6H3,(H,24,25)/b2*20-15+. The average Bonchev–Trinajstić information content (AvgIpc) is 3.01. The summed E-state index contributed by atoms with van der Waals surface area (Å²) in [5.74, 6) is -1.83. The maximum absolute atomic E-state index is 11.7. The fourth-order valence-electron chi connectivity index (χ4n) is 5.33. The maximum atomic E-state index is 11.7. The Morgan fingerprint density at radius 2 is 0.580 bits per heavy atom. The molecule has 0 aliphatic rings. The molecule has 4 aromatic rings. The van der Waals surface area contributed by atoms with Gasteiger partial charge in [0.1, 0.15) is 0 Å². The largest absolute Gasteiger partial charge is 0.478 e. The van der Waals surface area contributed by atoms with E-state index in [1.54, 1.807) is 12.2 Å². The number of hydrogen-bond donors (Lipinski definition) is 2.